The van der Waals surface area contributed by atoms with Crippen LogP contribution in [0.1, 0.15) is 25.7 Å². The Kier molecular flexibility index (Phi) is 7.24. The van der Waals surface area contributed by atoms with Gasteiger partial charge in [-0.1, -0.05) is 0 Å². The number of hydrogen-bond acceptors (Lipinski definition) is 0. The molecule has 0 aromatic rings. The molecule has 0 saturated heterocycles. The zero-order valence-electron chi connectivity index (χ0n) is 8.12. The number of unbranched alkanes of at least 4 members (excludes halogenated alkanes) is 3. The van der Waals surface area contributed by atoms with Crippen LogP contribution in [0.4, 0.5) is 0 Å². The quantitative estimate of drug-likeness (QED) is 0.391. The van der Waals surface area contributed by atoms with Crippen LogP contribution in [-0.2, 0) is 0 Å². The molecular weight excluding hydrogens is 262 g/mol. The first-order valence-electron chi connectivity index (χ1n) is 4.62. The molecule has 11 heavy (non-hydrogen) atoms. The molecule has 0 aliphatic carbocycles. The molecule has 0 spiro atoms. The molecule has 0 heterocycles. The Morgan fingerprint density at radius 2 is 1.45 bits per heavy atom. The zero-order chi connectivity index (χ0) is 8.74. The summed E-state index contributed by atoms with van der Waals surface area (Å²) in [6.07, 6.45) is 5.41. The fraction of sp³-hybridized carbons (Fsp3) is 1.00. The van der Waals surface area contributed by atoms with E-state index in [-0.39, 0.29) is 0 Å². The SMILES string of the molecule is [CH3][Sn]([CH3])([CH3])[CH2]CCCCCCl. The minimum atomic E-state index is -1.40. The first-order valence-corrected chi connectivity index (χ1v) is 15.7. The maximum absolute atomic E-state index is 5.58. The Labute approximate surface area is 80.6 Å². The third-order valence-corrected chi connectivity index (χ3v) is 7.37. The molecule has 0 aromatic carbocycles. The Bertz CT molecular complexity index is 86.1. The van der Waals surface area contributed by atoms with Gasteiger partial charge < -0.3 is 0 Å². The van der Waals surface area contributed by atoms with Crippen LogP contribution in [-0.4, -0.2) is 24.3 Å². The maximum atomic E-state index is 5.58. The van der Waals surface area contributed by atoms with E-state index < -0.39 is 18.4 Å². The van der Waals surface area contributed by atoms with E-state index in [0.29, 0.717) is 0 Å². The molecule has 0 atom stereocenters. The third-order valence-electron chi connectivity index (χ3n) is 1.81. The van der Waals surface area contributed by atoms with E-state index in [1.807, 2.05) is 0 Å². The third kappa shape index (κ3) is 11.1. The van der Waals surface area contributed by atoms with Gasteiger partial charge in [0, 0.05) is 0 Å². The second-order valence-electron chi connectivity index (χ2n) is 4.41. The topological polar surface area (TPSA) is 0 Å². The Morgan fingerprint density at radius 3 is 1.91 bits per heavy atom. The van der Waals surface area contributed by atoms with Crippen molar-refractivity contribution in [1.82, 2.24) is 0 Å². The van der Waals surface area contributed by atoms with Crippen LogP contribution in [0.15, 0.2) is 0 Å². The molecule has 0 aromatic heterocycles. The summed E-state index contributed by atoms with van der Waals surface area (Å²) in [6.45, 7) is 0. The van der Waals surface area contributed by atoms with E-state index in [9.17, 15) is 0 Å². The van der Waals surface area contributed by atoms with Gasteiger partial charge in [0.2, 0.25) is 0 Å². The summed E-state index contributed by atoms with van der Waals surface area (Å²) in [5, 5.41) is 0. The molecule has 0 radical (unpaired) electrons. The molecule has 68 valence electrons. The van der Waals surface area contributed by atoms with Crippen LogP contribution < -0.4 is 0 Å². The van der Waals surface area contributed by atoms with Gasteiger partial charge in [0.1, 0.15) is 0 Å². The fourth-order valence-corrected chi connectivity index (χ4v) is 5.03. The van der Waals surface area contributed by atoms with E-state index in [0.717, 1.165) is 5.88 Å². The van der Waals surface area contributed by atoms with Crippen molar-refractivity contribution in [2.45, 2.75) is 44.9 Å². The Morgan fingerprint density at radius 1 is 0.909 bits per heavy atom. The van der Waals surface area contributed by atoms with E-state index >= 15 is 0 Å². The molecule has 0 amide bonds. The van der Waals surface area contributed by atoms with Crippen LogP contribution in [0.3, 0.4) is 0 Å². The van der Waals surface area contributed by atoms with Gasteiger partial charge in [0.25, 0.3) is 0 Å². The Balaban J connectivity index is 3.02. The number of hydrogen-bond donors (Lipinski definition) is 0. The van der Waals surface area contributed by atoms with Crippen molar-refractivity contribution in [1.29, 1.82) is 0 Å². The van der Waals surface area contributed by atoms with Crippen LogP contribution in [0.2, 0.25) is 19.3 Å². The number of rotatable bonds is 6. The van der Waals surface area contributed by atoms with Crippen LogP contribution in [0, 0.1) is 0 Å². The van der Waals surface area contributed by atoms with Crippen molar-refractivity contribution in [3.8, 4) is 0 Å². The van der Waals surface area contributed by atoms with Gasteiger partial charge in [0.15, 0.2) is 0 Å². The second-order valence-corrected chi connectivity index (χ2v) is 20.8. The van der Waals surface area contributed by atoms with Gasteiger partial charge in [0.05, 0.1) is 0 Å². The van der Waals surface area contributed by atoms with Crippen molar-refractivity contribution < 1.29 is 0 Å². The average molecular weight is 283 g/mol. The van der Waals surface area contributed by atoms with Gasteiger partial charge in [-0.2, -0.15) is 0 Å². The monoisotopic (exact) mass is 284 g/mol. The van der Waals surface area contributed by atoms with Crippen molar-refractivity contribution in [2.75, 3.05) is 5.88 Å². The van der Waals surface area contributed by atoms with Crippen LogP contribution in [0.25, 0.3) is 0 Å². The molecule has 0 N–H and O–H groups in total. The summed E-state index contributed by atoms with van der Waals surface area (Å²) in [5.74, 6) is 0.846. The molecule has 0 nitrogen and oxygen atoms in total. The first-order chi connectivity index (χ1) is 5.06. The van der Waals surface area contributed by atoms with Gasteiger partial charge in [-0.05, 0) is 0 Å². The molecule has 0 aliphatic rings. The van der Waals surface area contributed by atoms with Crippen molar-refractivity contribution in [3.63, 3.8) is 0 Å². The van der Waals surface area contributed by atoms with Crippen molar-refractivity contribution in [3.05, 3.63) is 0 Å². The van der Waals surface area contributed by atoms with Crippen molar-refractivity contribution in [2.24, 2.45) is 0 Å². The summed E-state index contributed by atoms with van der Waals surface area (Å²) >= 11 is 4.19. The number of halogens is 1. The molecule has 0 rings (SSSR count). The van der Waals surface area contributed by atoms with Gasteiger partial charge in [-0.25, -0.2) is 0 Å². The summed E-state index contributed by atoms with van der Waals surface area (Å²) < 4.78 is 1.55. The summed E-state index contributed by atoms with van der Waals surface area (Å²) in [4.78, 5) is 7.53. The average Bonchev–Trinajstić information content (AvgIpc) is 1.85. The van der Waals surface area contributed by atoms with Gasteiger partial charge in [-0.3, -0.25) is 0 Å². The van der Waals surface area contributed by atoms with Gasteiger partial charge >= 0.3 is 80.8 Å². The standard InChI is InChI=1S/C6H12Cl.3CH3.Sn/c1-2-3-4-5-6-7;;;;/h1-6H2;3*1H3;. The summed E-state index contributed by atoms with van der Waals surface area (Å²) in [6, 6.07) is 0. The van der Waals surface area contributed by atoms with E-state index in [2.05, 4.69) is 14.8 Å². The minimum absolute atomic E-state index is 0.846. The molecule has 0 bridgehead atoms. The van der Waals surface area contributed by atoms with E-state index in [1.54, 1.807) is 4.44 Å². The molecule has 0 unspecified atom stereocenters. The second kappa shape index (κ2) is 6.59. The normalized spacial score (nSPS) is 12.0. The molecule has 0 aliphatic heterocycles. The van der Waals surface area contributed by atoms with Crippen LogP contribution >= 0.6 is 11.6 Å². The van der Waals surface area contributed by atoms with E-state index in [1.165, 1.54) is 25.7 Å². The first kappa shape index (κ1) is 12.1. The predicted molar refractivity (Wildman–Crippen MR) is 57.3 cm³/mol. The zero-order valence-corrected chi connectivity index (χ0v) is 11.7. The van der Waals surface area contributed by atoms with Crippen LogP contribution in [0.5, 0.6) is 0 Å². The fourth-order valence-electron chi connectivity index (χ4n) is 1.10. The predicted octanol–water partition coefficient (Wildman–Crippen LogP) is 4.12. The molecule has 0 saturated carbocycles. The van der Waals surface area contributed by atoms with Crippen molar-refractivity contribution >= 4 is 30.0 Å². The number of alkyl halides is 1. The van der Waals surface area contributed by atoms with E-state index in [4.69, 9.17) is 11.6 Å². The summed E-state index contributed by atoms with van der Waals surface area (Å²) in [5.41, 5.74) is 0. The summed E-state index contributed by atoms with van der Waals surface area (Å²) in [7, 11) is 0. The molecule has 0 fully saturated rings. The molecule has 2 heteroatoms. The van der Waals surface area contributed by atoms with Gasteiger partial charge in [-0.15, -0.1) is 0 Å². The molecular formula is C9H21ClSn. The Hall–Kier alpha value is 1.09.